The summed E-state index contributed by atoms with van der Waals surface area (Å²) in [4.78, 5) is 22.3. The Morgan fingerprint density at radius 3 is 2.83 bits per heavy atom. The highest BCUT2D eigenvalue weighted by molar-refractivity contribution is 6.03. The van der Waals surface area contributed by atoms with Gasteiger partial charge in [0.1, 0.15) is 5.75 Å². The van der Waals surface area contributed by atoms with Crippen LogP contribution in [0.5, 0.6) is 5.75 Å². The Morgan fingerprint density at radius 2 is 2.28 bits per heavy atom. The number of aromatic nitrogens is 1. The number of hydrogen-bond acceptors (Lipinski definition) is 3. The molecule has 1 heterocycles. The standard InChI is InChI=1S/C13H13NO4/c1-3-18-11-6-8(2)12-9(10(11)7-15)4-5-14(12)13(16)17/h4-7H,3H2,1-2H3,(H,16,17). The lowest BCUT2D eigenvalue weighted by Crippen LogP contribution is -2.07. The molecule has 0 saturated carbocycles. The van der Waals surface area contributed by atoms with Gasteiger partial charge in [-0.3, -0.25) is 9.36 Å². The Kier molecular flexibility index (Phi) is 3.06. The number of aryl methyl sites for hydroxylation is 1. The number of ether oxygens (including phenoxy) is 1. The van der Waals surface area contributed by atoms with Crippen LogP contribution in [0.4, 0.5) is 4.79 Å². The fourth-order valence-electron chi connectivity index (χ4n) is 2.08. The normalized spacial score (nSPS) is 10.6. The molecule has 1 N–H and O–H groups in total. The molecular formula is C13H13NO4. The van der Waals surface area contributed by atoms with Crippen molar-refractivity contribution >= 4 is 23.3 Å². The molecule has 0 aliphatic rings. The minimum Gasteiger partial charge on any atom is -0.493 e. The lowest BCUT2D eigenvalue weighted by atomic mass is 10.1. The molecule has 5 nitrogen and oxygen atoms in total. The minimum atomic E-state index is -1.07. The first-order valence-electron chi connectivity index (χ1n) is 5.56. The van der Waals surface area contributed by atoms with Crippen LogP contribution in [0, 0.1) is 6.92 Å². The second-order valence-corrected chi connectivity index (χ2v) is 3.89. The lowest BCUT2D eigenvalue weighted by molar-refractivity contribution is 0.112. The second kappa shape index (κ2) is 4.52. The smallest absolute Gasteiger partial charge is 0.416 e. The molecule has 0 aliphatic carbocycles. The van der Waals surface area contributed by atoms with Crippen molar-refractivity contribution in [1.82, 2.24) is 4.57 Å². The van der Waals surface area contributed by atoms with Gasteiger partial charge in [-0.05, 0) is 31.5 Å². The summed E-state index contributed by atoms with van der Waals surface area (Å²) >= 11 is 0. The van der Waals surface area contributed by atoms with Gasteiger partial charge in [-0.2, -0.15) is 0 Å². The molecule has 94 valence electrons. The average molecular weight is 247 g/mol. The van der Waals surface area contributed by atoms with Gasteiger partial charge in [-0.1, -0.05) is 0 Å². The number of nitrogens with zero attached hydrogens (tertiary/aromatic N) is 1. The molecule has 18 heavy (non-hydrogen) atoms. The molecule has 0 unspecified atom stereocenters. The summed E-state index contributed by atoms with van der Waals surface area (Å²) in [6.07, 6.45) is 1.05. The Morgan fingerprint density at radius 1 is 1.56 bits per heavy atom. The molecule has 2 aromatic rings. The number of rotatable bonds is 3. The van der Waals surface area contributed by atoms with Crippen LogP contribution in [0.2, 0.25) is 0 Å². The van der Waals surface area contributed by atoms with E-state index in [4.69, 9.17) is 9.84 Å². The van der Waals surface area contributed by atoms with Gasteiger partial charge in [-0.15, -0.1) is 0 Å². The number of carboxylic acid groups (broad SMARTS) is 1. The van der Waals surface area contributed by atoms with Crippen molar-refractivity contribution < 1.29 is 19.4 Å². The van der Waals surface area contributed by atoms with E-state index in [9.17, 15) is 9.59 Å². The number of hydrogen-bond donors (Lipinski definition) is 1. The van der Waals surface area contributed by atoms with Crippen molar-refractivity contribution in [2.75, 3.05) is 6.61 Å². The van der Waals surface area contributed by atoms with E-state index in [1.807, 2.05) is 6.92 Å². The zero-order valence-electron chi connectivity index (χ0n) is 10.1. The topological polar surface area (TPSA) is 68.5 Å². The van der Waals surface area contributed by atoms with Crippen molar-refractivity contribution in [2.45, 2.75) is 13.8 Å². The molecule has 0 radical (unpaired) electrons. The Balaban J connectivity index is 2.82. The third-order valence-corrected chi connectivity index (χ3v) is 2.79. The highest BCUT2D eigenvalue weighted by Crippen LogP contribution is 2.30. The molecule has 0 saturated heterocycles. The maximum atomic E-state index is 11.2. The van der Waals surface area contributed by atoms with E-state index in [0.717, 1.165) is 10.1 Å². The quantitative estimate of drug-likeness (QED) is 0.846. The molecule has 0 fully saturated rings. The molecule has 0 atom stereocenters. The van der Waals surface area contributed by atoms with Gasteiger partial charge in [0.05, 0.1) is 17.7 Å². The Hall–Kier alpha value is -2.30. The number of benzene rings is 1. The van der Waals surface area contributed by atoms with E-state index in [1.165, 1.54) is 6.20 Å². The van der Waals surface area contributed by atoms with E-state index in [2.05, 4.69) is 0 Å². The maximum Gasteiger partial charge on any atom is 0.416 e. The maximum absolute atomic E-state index is 11.2. The van der Waals surface area contributed by atoms with Gasteiger partial charge in [-0.25, -0.2) is 4.79 Å². The Labute approximate surface area is 104 Å². The summed E-state index contributed by atoms with van der Waals surface area (Å²) in [5.74, 6) is 0.487. The first kappa shape index (κ1) is 12.2. The van der Waals surface area contributed by atoms with Crippen molar-refractivity contribution in [1.29, 1.82) is 0 Å². The average Bonchev–Trinajstić information content (AvgIpc) is 2.75. The first-order valence-corrected chi connectivity index (χ1v) is 5.56. The van der Waals surface area contributed by atoms with E-state index >= 15 is 0 Å². The van der Waals surface area contributed by atoms with Crippen molar-refractivity contribution in [3.8, 4) is 5.75 Å². The number of carbonyl (C=O) groups is 2. The summed E-state index contributed by atoms with van der Waals surface area (Å²) in [7, 11) is 0. The number of aldehydes is 1. The predicted octanol–water partition coefficient (Wildman–Crippen LogP) is 2.69. The largest absolute Gasteiger partial charge is 0.493 e. The summed E-state index contributed by atoms with van der Waals surface area (Å²) in [6.45, 7) is 4.07. The van der Waals surface area contributed by atoms with Crippen LogP contribution < -0.4 is 4.74 Å². The molecule has 0 aliphatic heterocycles. The summed E-state index contributed by atoms with van der Waals surface area (Å²) in [6, 6.07) is 3.30. The van der Waals surface area contributed by atoms with Crippen LogP contribution in [0.1, 0.15) is 22.8 Å². The van der Waals surface area contributed by atoms with Crippen molar-refractivity contribution in [3.63, 3.8) is 0 Å². The van der Waals surface area contributed by atoms with Crippen LogP contribution in [0.15, 0.2) is 18.3 Å². The van der Waals surface area contributed by atoms with Crippen LogP contribution in [-0.2, 0) is 0 Å². The van der Waals surface area contributed by atoms with Gasteiger partial charge in [0.15, 0.2) is 6.29 Å². The van der Waals surface area contributed by atoms with Crippen LogP contribution in [0.3, 0.4) is 0 Å². The summed E-state index contributed by atoms with van der Waals surface area (Å²) in [5, 5.41) is 9.67. The van der Waals surface area contributed by atoms with Crippen LogP contribution in [-0.4, -0.2) is 28.7 Å². The van der Waals surface area contributed by atoms with Crippen LogP contribution >= 0.6 is 0 Å². The molecule has 1 aromatic carbocycles. The number of carbonyl (C=O) groups excluding carboxylic acids is 1. The highest BCUT2D eigenvalue weighted by Gasteiger charge is 2.16. The molecule has 1 aromatic heterocycles. The van der Waals surface area contributed by atoms with Crippen molar-refractivity contribution in [2.24, 2.45) is 0 Å². The van der Waals surface area contributed by atoms with Gasteiger partial charge < -0.3 is 9.84 Å². The van der Waals surface area contributed by atoms with Gasteiger partial charge in [0.2, 0.25) is 0 Å². The minimum absolute atomic E-state index is 0.387. The zero-order valence-corrected chi connectivity index (χ0v) is 10.1. The monoisotopic (exact) mass is 247 g/mol. The zero-order chi connectivity index (χ0) is 13.3. The molecule has 0 spiro atoms. The molecular weight excluding hydrogens is 234 g/mol. The van der Waals surface area contributed by atoms with E-state index in [1.54, 1.807) is 19.1 Å². The fraction of sp³-hybridized carbons (Fsp3) is 0.231. The Bertz CT molecular complexity index is 627. The van der Waals surface area contributed by atoms with Gasteiger partial charge >= 0.3 is 6.09 Å². The summed E-state index contributed by atoms with van der Waals surface area (Å²) in [5.41, 5.74) is 1.66. The van der Waals surface area contributed by atoms with Crippen LogP contribution in [0.25, 0.3) is 10.9 Å². The molecule has 5 heteroatoms. The van der Waals surface area contributed by atoms with Gasteiger partial charge in [0, 0.05) is 11.6 Å². The first-order chi connectivity index (χ1) is 8.60. The third kappa shape index (κ3) is 1.73. The molecule has 2 rings (SSSR count). The van der Waals surface area contributed by atoms with E-state index < -0.39 is 6.09 Å². The summed E-state index contributed by atoms with van der Waals surface area (Å²) < 4.78 is 6.50. The second-order valence-electron chi connectivity index (χ2n) is 3.89. The fourth-order valence-corrected chi connectivity index (χ4v) is 2.08. The predicted molar refractivity (Wildman–Crippen MR) is 66.7 cm³/mol. The highest BCUT2D eigenvalue weighted by atomic mass is 16.5. The molecule has 0 bridgehead atoms. The van der Waals surface area contributed by atoms with Gasteiger partial charge in [0.25, 0.3) is 0 Å². The molecule has 0 amide bonds. The SMILES string of the molecule is CCOc1cc(C)c2c(ccn2C(=O)O)c1C=O. The van der Waals surface area contributed by atoms with E-state index in [-0.39, 0.29) is 0 Å². The lowest BCUT2D eigenvalue weighted by Gasteiger charge is -2.10. The van der Waals surface area contributed by atoms with E-state index in [0.29, 0.717) is 35.1 Å². The van der Waals surface area contributed by atoms with Crippen molar-refractivity contribution in [3.05, 3.63) is 29.5 Å². The third-order valence-electron chi connectivity index (χ3n) is 2.79. The number of fused-ring (bicyclic) bond motifs is 1.